The molecule has 0 fully saturated rings. The number of carbonyl (C=O) groups excluding carboxylic acids is 2. The zero-order valence-corrected chi connectivity index (χ0v) is 20.4. The summed E-state index contributed by atoms with van der Waals surface area (Å²) in [6, 6.07) is 14.4. The molecule has 2 atom stereocenters. The molecular weight excluding hydrogens is 443 g/mol. The third kappa shape index (κ3) is 6.05. The monoisotopic (exact) mass is 474 g/mol. The van der Waals surface area contributed by atoms with Gasteiger partial charge in [0.1, 0.15) is 0 Å². The third-order valence-electron chi connectivity index (χ3n) is 6.38. The summed E-state index contributed by atoms with van der Waals surface area (Å²) in [6.45, 7) is 2.53. The Kier molecular flexibility index (Phi) is 9.01. The van der Waals surface area contributed by atoms with Gasteiger partial charge in [-0.3, -0.25) is 9.59 Å². The Morgan fingerprint density at radius 3 is 2.47 bits per heavy atom. The summed E-state index contributed by atoms with van der Waals surface area (Å²) >= 11 is 12.4. The van der Waals surface area contributed by atoms with E-state index < -0.39 is 0 Å². The molecular formula is C26H32Cl2N2O2. The summed E-state index contributed by atoms with van der Waals surface area (Å²) in [6.07, 6.45) is 5.59. The highest BCUT2D eigenvalue weighted by Gasteiger charge is 2.32. The zero-order valence-electron chi connectivity index (χ0n) is 18.9. The molecule has 4 nitrogen and oxygen atoms in total. The van der Waals surface area contributed by atoms with Crippen molar-refractivity contribution in [1.29, 1.82) is 0 Å². The van der Waals surface area contributed by atoms with Gasteiger partial charge in [-0.15, -0.1) is 0 Å². The number of nitrogens with zero attached hydrogens (tertiary/aromatic N) is 1. The van der Waals surface area contributed by atoms with Gasteiger partial charge in [-0.2, -0.15) is 0 Å². The summed E-state index contributed by atoms with van der Waals surface area (Å²) < 4.78 is 0. The van der Waals surface area contributed by atoms with Crippen molar-refractivity contribution in [2.45, 2.75) is 63.8 Å². The lowest BCUT2D eigenvalue weighted by atomic mass is 9.76. The number of amides is 2. The number of hydrogen-bond donors (Lipinski definition) is 1. The predicted molar refractivity (Wildman–Crippen MR) is 131 cm³/mol. The molecule has 0 radical (unpaired) electrons. The molecule has 2 aromatic rings. The minimum absolute atomic E-state index is 0.0796. The van der Waals surface area contributed by atoms with Crippen molar-refractivity contribution in [2.75, 3.05) is 13.6 Å². The summed E-state index contributed by atoms with van der Waals surface area (Å²) in [5.74, 6) is 0.505. The maximum absolute atomic E-state index is 12.9. The maximum atomic E-state index is 12.9. The molecule has 0 aliphatic heterocycles. The van der Waals surface area contributed by atoms with E-state index in [0.29, 0.717) is 29.4 Å². The second-order valence-corrected chi connectivity index (χ2v) is 9.28. The fraction of sp³-hybridized carbons (Fsp3) is 0.462. The van der Waals surface area contributed by atoms with Crippen LogP contribution in [0, 0.1) is 0 Å². The quantitative estimate of drug-likeness (QED) is 0.421. The van der Waals surface area contributed by atoms with Crippen LogP contribution in [0.25, 0.3) is 0 Å². The third-order valence-corrected chi connectivity index (χ3v) is 7.12. The molecule has 0 saturated heterocycles. The second kappa shape index (κ2) is 11.7. The highest BCUT2D eigenvalue weighted by Crippen LogP contribution is 2.44. The summed E-state index contributed by atoms with van der Waals surface area (Å²) in [5.41, 5.74) is 3.64. The molecule has 1 aliphatic rings. The van der Waals surface area contributed by atoms with Crippen LogP contribution in [-0.4, -0.2) is 30.3 Å². The minimum atomic E-state index is 0.0796. The average molecular weight is 475 g/mol. The smallest absolute Gasteiger partial charge is 0.222 e. The Morgan fingerprint density at radius 2 is 1.75 bits per heavy atom. The first-order valence-electron chi connectivity index (χ1n) is 11.5. The molecule has 0 heterocycles. The topological polar surface area (TPSA) is 49.4 Å². The van der Waals surface area contributed by atoms with Gasteiger partial charge in [-0.25, -0.2) is 0 Å². The molecule has 0 bridgehead atoms. The van der Waals surface area contributed by atoms with Gasteiger partial charge in [-0.1, -0.05) is 66.9 Å². The van der Waals surface area contributed by atoms with E-state index in [1.165, 1.54) is 11.1 Å². The van der Waals surface area contributed by atoms with Crippen molar-refractivity contribution in [3.8, 4) is 0 Å². The number of benzene rings is 2. The first kappa shape index (κ1) is 24.6. The fourth-order valence-electron chi connectivity index (χ4n) is 4.53. The van der Waals surface area contributed by atoms with E-state index in [-0.39, 0.29) is 23.8 Å². The van der Waals surface area contributed by atoms with Gasteiger partial charge < -0.3 is 10.2 Å². The zero-order chi connectivity index (χ0) is 23.1. The van der Waals surface area contributed by atoms with E-state index in [2.05, 4.69) is 23.5 Å². The molecule has 1 aliphatic carbocycles. The molecule has 2 aromatic carbocycles. The normalized spacial score (nSPS) is 17.5. The van der Waals surface area contributed by atoms with Crippen molar-refractivity contribution in [1.82, 2.24) is 10.2 Å². The highest BCUT2D eigenvalue weighted by atomic mass is 35.5. The number of carbonyl (C=O) groups is 2. The van der Waals surface area contributed by atoms with E-state index >= 15 is 0 Å². The maximum Gasteiger partial charge on any atom is 0.222 e. The van der Waals surface area contributed by atoms with Crippen molar-refractivity contribution < 1.29 is 9.59 Å². The van der Waals surface area contributed by atoms with Gasteiger partial charge in [0.15, 0.2) is 0 Å². The molecule has 2 unspecified atom stereocenters. The van der Waals surface area contributed by atoms with E-state index in [0.717, 1.165) is 37.7 Å². The van der Waals surface area contributed by atoms with E-state index in [1.807, 2.05) is 43.1 Å². The van der Waals surface area contributed by atoms with Crippen molar-refractivity contribution in [2.24, 2.45) is 0 Å². The number of rotatable bonds is 9. The first-order chi connectivity index (χ1) is 15.4. The highest BCUT2D eigenvalue weighted by molar-refractivity contribution is 6.42. The Bertz CT molecular complexity index is 947. The van der Waals surface area contributed by atoms with Crippen LogP contribution in [0.1, 0.15) is 80.5 Å². The van der Waals surface area contributed by atoms with Gasteiger partial charge in [0, 0.05) is 32.4 Å². The Morgan fingerprint density at radius 1 is 1.00 bits per heavy atom. The Balaban J connectivity index is 1.62. The van der Waals surface area contributed by atoms with Crippen LogP contribution in [0.5, 0.6) is 0 Å². The summed E-state index contributed by atoms with van der Waals surface area (Å²) in [5, 5.41) is 4.02. The van der Waals surface area contributed by atoms with E-state index in [4.69, 9.17) is 23.2 Å². The number of fused-ring (bicyclic) bond motifs is 1. The van der Waals surface area contributed by atoms with Crippen LogP contribution in [0.4, 0.5) is 0 Å². The summed E-state index contributed by atoms with van der Waals surface area (Å²) in [7, 11) is 1.92. The van der Waals surface area contributed by atoms with Gasteiger partial charge in [0.2, 0.25) is 11.8 Å². The van der Waals surface area contributed by atoms with Crippen molar-refractivity contribution in [3.05, 3.63) is 69.2 Å². The molecule has 32 heavy (non-hydrogen) atoms. The molecule has 0 spiro atoms. The minimum Gasteiger partial charge on any atom is -0.356 e. The van der Waals surface area contributed by atoms with E-state index in [9.17, 15) is 9.59 Å². The molecule has 2 amide bonds. The van der Waals surface area contributed by atoms with Crippen molar-refractivity contribution >= 4 is 35.0 Å². The molecule has 0 saturated carbocycles. The van der Waals surface area contributed by atoms with E-state index in [1.54, 1.807) is 0 Å². The number of halogens is 2. The van der Waals surface area contributed by atoms with Crippen LogP contribution < -0.4 is 5.32 Å². The molecule has 0 aromatic heterocycles. The van der Waals surface area contributed by atoms with Crippen LogP contribution in [0.15, 0.2) is 42.5 Å². The standard InChI is InChI=1S/C26H32Cl2N2O2/c1-3-25(31)29-16-8-4-5-11-26(32)30(2)24-15-13-19(20-9-6-7-10-21(20)24)18-12-14-22(27)23(28)17-18/h6-7,9-10,12,14,17,19,24H,3-5,8,11,13,15-16H2,1-2H3,(H,29,31). The molecule has 1 N–H and O–H groups in total. The lowest BCUT2D eigenvalue weighted by Gasteiger charge is -2.37. The van der Waals surface area contributed by atoms with Crippen LogP contribution in [0.3, 0.4) is 0 Å². The van der Waals surface area contributed by atoms with Gasteiger partial charge in [-0.05, 0) is 54.5 Å². The number of unbranched alkanes of at least 4 members (excludes halogenated alkanes) is 2. The van der Waals surface area contributed by atoms with Crippen molar-refractivity contribution in [3.63, 3.8) is 0 Å². The lowest BCUT2D eigenvalue weighted by Crippen LogP contribution is -2.34. The molecule has 6 heteroatoms. The average Bonchev–Trinajstić information content (AvgIpc) is 2.81. The second-order valence-electron chi connectivity index (χ2n) is 8.47. The largest absolute Gasteiger partial charge is 0.356 e. The van der Waals surface area contributed by atoms with Crippen LogP contribution in [0.2, 0.25) is 10.0 Å². The van der Waals surface area contributed by atoms with Crippen LogP contribution in [-0.2, 0) is 9.59 Å². The predicted octanol–water partition coefficient (Wildman–Crippen LogP) is 6.51. The Hall–Kier alpha value is -2.04. The SMILES string of the molecule is CCC(=O)NCCCCCC(=O)N(C)C1CCC(c2ccc(Cl)c(Cl)c2)c2ccccc21. The van der Waals surface area contributed by atoms with Gasteiger partial charge in [0.25, 0.3) is 0 Å². The Labute approximate surface area is 201 Å². The molecule has 172 valence electrons. The summed E-state index contributed by atoms with van der Waals surface area (Å²) in [4.78, 5) is 26.1. The van der Waals surface area contributed by atoms with Crippen LogP contribution >= 0.6 is 23.2 Å². The lowest BCUT2D eigenvalue weighted by molar-refractivity contribution is -0.132. The first-order valence-corrected chi connectivity index (χ1v) is 12.2. The molecule has 3 rings (SSSR count). The number of nitrogens with one attached hydrogen (secondary N) is 1. The van der Waals surface area contributed by atoms with Gasteiger partial charge >= 0.3 is 0 Å². The number of hydrogen-bond acceptors (Lipinski definition) is 2. The fourth-order valence-corrected chi connectivity index (χ4v) is 4.83. The van der Waals surface area contributed by atoms with Gasteiger partial charge in [0.05, 0.1) is 16.1 Å².